The van der Waals surface area contributed by atoms with Crippen LogP contribution in [0.15, 0.2) is 72.3 Å². The molecule has 244 valence electrons. The van der Waals surface area contributed by atoms with Gasteiger partial charge in [0.15, 0.2) is 6.10 Å². The van der Waals surface area contributed by atoms with Gasteiger partial charge in [0.1, 0.15) is 6.61 Å². The summed E-state index contributed by atoms with van der Waals surface area (Å²) in [5, 5.41) is 20.2. The maximum atomic E-state index is 14.5. The van der Waals surface area contributed by atoms with Gasteiger partial charge in [-0.2, -0.15) is 26.3 Å². The molecule has 0 aliphatic carbocycles. The summed E-state index contributed by atoms with van der Waals surface area (Å²) in [7, 11) is 1.24. The number of carbonyl (C=O) groups excluding carboxylic acids is 2. The normalized spacial score (nSPS) is 17.2. The first kappa shape index (κ1) is 36.7. The molecule has 0 aliphatic heterocycles. The van der Waals surface area contributed by atoms with E-state index in [0.717, 1.165) is 24.3 Å². The average Bonchev–Trinajstić information content (AvgIpc) is 2.94. The molecule has 8 nitrogen and oxygen atoms in total. The standard InChI is InChI=1S/C30H34F6O8/c1-19(16-17-23(37)26(2,3)40)22(44-25(39)28(42-5,30(34,35)36)21-14-10-7-11-15-21)18-43-24(38)27(41-4,29(31,32)33)20-12-8-6-9-13-20/h6-16,22-23,37,40H,17-18H2,1-5H3/b19-16+/t22-,23-,27+,28+/m0/s1. The number of halogens is 6. The largest absolute Gasteiger partial charge is 0.459 e. The summed E-state index contributed by atoms with van der Waals surface area (Å²) in [4.78, 5) is 26.4. The van der Waals surface area contributed by atoms with Gasteiger partial charge in [0.2, 0.25) is 0 Å². The summed E-state index contributed by atoms with van der Waals surface area (Å²) in [5.74, 6) is -3.99. The summed E-state index contributed by atoms with van der Waals surface area (Å²) >= 11 is 0. The molecule has 0 aliphatic rings. The van der Waals surface area contributed by atoms with Gasteiger partial charge in [-0.1, -0.05) is 66.7 Å². The first-order chi connectivity index (χ1) is 20.3. The zero-order valence-electron chi connectivity index (χ0n) is 24.5. The van der Waals surface area contributed by atoms with Crippen LogP contribution in [0.1, 0.15) is 38.3 Å². The highest BCUT2D eigenvalue weighted by atomic mass is 19.4. The van der Waals surface area contributed by atoms with Gasteiger partial charge in [-0.3, -0.25) is 0 Å². The van der Waals surface area contributed by atoms with E-state index in [1.807, 2.05) is 0 Å². The van der Waals surface area contributed by atoms with E-state index in [0.29, 0.717) is 14.2 Å². The topological polar surface area (TPSA) is 112 Å². The highest BCUT2D eigenvalue weighted by Gasteiger charge is 2.65. The lowest BCUT2D eigenvalue weighted by molar-refractivity contribution is -0.281. The van der Waals surface area contributed by atoms with Crippen LogP contribution in [0.4, 0.5) is 26.3 Å². The van der Waals surface area contributed by atoms with Gasteiger partial charge in [0.05, 0.1) is 11.7 Å². The third-order valence-electron chi connectivity index (χ3n) is 6.95. The summed E-state index contributed by atoms with van der Waals surface area (Å²) < 4.78 is 106. The fourth-order valence-corrected chi connectivity index (χ4v) is 4.22. The van der Waals surface area contributed by atoms with Gasteiger partial charge in [0, 0.05) is 25.3 Å². The van der Waals surface area contributed by atoms with Crippen LogP contribution in [0.25, 0.3) is 0 Å². The van der Waals surface area contributed by atoms with Crippen molar-refractivity contribution in [3.8, 4) is 0 Å². The van der Waals surface area contributed by atoms with Gasteiger partial charge in [-0.25, -0.2) is 9.59 Å². The second-order valence-corrected chi connectivity index (χ2v) is 10.3. The molecular formula is C30H34F6O8. The van der Waals surface area contributed by atoms with Crippen molar-refractivity contribution in [2.24, 2.45) is 0 Å². The Morgan fingerprint density at radius 3 is 1.57 bits per heavy atom. The number of benzene rings is 2. The number of methoxy groups -OCH3 is 2. The van der Waals surface area contributed by atoms with Crippen LogP contribution < -0.4 is 0 Å². The van der Waals surface area contributed by atoms with E-state index in [9.17, 15) is 46.1 Å². The number of rotatable bonds is 13. The minimum absolute atomic E-state index is 0.121. The molecule has 2 rings (SSSR count). The van der Waals surface area contributed by atoms with E-state index in [4.69, 9.17) is 14.2 Å². The van der Waals surface area contributed by atoms with E-state index < -0.39 is 71.0 Å². The van der Waals surface area contributed by atoms with E-state index in [-0.39, 0.29) is 12.0 Å². The number of carbonyl (C=O) groups is 2. The molecule has 0 spiro atoms. The molecule has 2 N–H and O–H groups in total. The minimum Gasteiger partial charge on any atom is -0.459 e. The van der Waals surface area contributed by atoms with E-state index >= 15 is 0 Å². The highest BCUT2D eigenvalue weighted by molar-refractivity contribution is 5.84. The zero-order chi connectivity index (χ0) is 33.6. The van der Waals surface area contributed by atoms with Crippen LogP contribution >= 0.6 is 0 Å². The van der Waals surface area contributed by atoms with Crippen molar-refractivity contribution in [2.75, 3.05) is 20.8 Å². The molecule has 0 fully saturated rings. The number of ether oxygens (including phenoxy) is 4. The Balaban J connectivity index is 2.56. The molecule has 0 heterocycles. The van der Waals surface area contributed by atoms with Gasteiger partial charge >= 0.3 is 24.3 Å². The smallest absolute Gasteiger partial charge is 0.432 e. The molecule has 0 saturated heterocycles. The van der Waals surface area contributed by atoms with Gasteiger partial charge in [-0.05, 0) is 32.8 Å². The number of alkyl halides is 6. The Hall–Kier alpha value is -3.46. The van der Waals surface area contributed by atoms with Crippen molar-refractivity contribution in [3.63, 3.8) is 0 Å². The maximum Gasteiger partial charge on any atom is 0.432 e. The summed E-state index contributed by atoms with van der Waals surface area (Å²) in [6.45, 7) is 2.59. The second kappa shape index (κ2) is 14.1. The third-order valence-corrected chi connectivity index (χ3v) is 6.95. The van der Waals surface area contributed by atoms with Crippen LogP contribution in [0.2, 0.25) is 0 Å². The molecule has 0 unspecified atom stereocenters. The molecule has 0 amide bonds. The molecule has 2 aromatic rings. The number of aliphatic hydroxyl groups excluding tert-OH is 1. The fraction of sp³-hybridized carbons (Fsp3) is 0.467. The van der Waals surface area contributed by atoms with E-state index in [1.54, 1.807) is 0 Å². The Morgan fingerprint density at radius 1 is 0.795 bits per heavy atom. The van der Waals surface area contributed by atoms with E-state index in [1.165, 1.54) is 63.2 Å². The Kier molecular flexibility index (Phi) is 11.8. The van der Waals surface area contributed by atoms with Crippen LogP contribution in [-0.4, -0.2) is 73.1 Å². The Morgan fingerprint density at radius 2 is 1.20 bits per heavy atom. The first-order valence-corrected chi connectivity index (χ1v) is 13.1. The third kappa shape index (κ3) is 7.60. The summed E-state index contributed by atoms with van der Waals surface area (Å²) in [5.41, 5.74) is -10.4. The van der Waals surface area contributed by atoms with Crippen molar-refractivity contribution in [2.45, 2.75) is 68.6 Å². The van der Waals surface area contributed by atoms with Gasteiger partial charge < -0.3 is 29.2 Å². The molecule has 44 heavy (non-hydrogen) atoms. The van der Waals surface area contributed by atoms with E-state index in [2.05, 4.69) is 4.74 Å². The molecule has 0 saturated carbocycles. The van der Waals surface area contributed by atoms with Crippen LogP contribution in [-0.2, 0) is 39.7 Å². The predicted molar refractivity (Wildman–Crippen MR) is 144 cm³/mol. The second-order valence-electron chi connectivity index (χ2n) is 10.3. The fourth-order valence-electron chi connectivity index (χ4n) is 4.22. The summed E-state index contributed by atoms with van der Waals surface area (Å²) in [6, 6.07) is 11.5. The number of aliphatic hydroxyl groups is 2. The number of hydrogen-bond acceptors (Lipinski definition) is 8. The zero-order valence-corrected chi connectivity index (χ0v) is 24.5. The molecule has 0 radical (unpaired) electrons. The Labute approximate surface area is 250 Å². The first-order valence-electron chi connectivity index (χ1n) is 13.1. The van der Waals surface area contributed by atoms with Crippen LogP contribution in [0, 0.1) is 0 Å². The van der Waals surface area contributed by atoms with Crippen molar-refractivity contribution in [3.05, 3.63) is 83.4 Å². The molecule has 0 bridgehead atoms. The van der Waals surface area contributed by atoms with Gasteiger partial charge in [0.25, 0.3) is 11.2 Å². The molecule has 4 atom stereocenters. The van der Waals surface area contributed by atoms with Crippen LogP contribution in [0.5, 0.6) is 0 Å². The molecule has 0 aromatic heterocycles. The molecular weight excluding hydrogens is 602 g/mol. The van der Waals surface area contributed by atoms with Crippen LogP contribution in [0.3, 0.4) is 0 Å². The predicted octanol–water partition coefficient (Wildman–Crippen LogP) is 5.12. The maximum absolute atomic E-state index is 14.5. The summed E-state index contributed by atoms with van der Waals surface area (Å²) in [6.07, 6.45) is -13.2. The minimum atomic E-state index is -5.38. The Bertz CT molecular complexity index is 1270. The van der Waals surface area contributed by atoms with Crippen molar-refractivity contribution >= 4 is 11.9 Å². The van der Waals surface area contributed by atoms with Crippen molar-refractivity contribution in [1.29, 1.82) is 0 Å². The SMILES string of the molecule is CO[C@@](C(=O)OC[C@H](OC(=O)[C@](OC)(c1ccccc1)C(F)(F)F)/C(C)=C/C[C@H](O)C(C)(C)O)(c1ccccc1)C(F)(F)F. The lowest BCUT2D eigenvalue weighted by atomic mass is 9.92. The average molecular weight is 637 g/mol. The lowest BCUT2D eigenvalue weighted by Gasteiger charge is -2.35. The highest BCUT2D eigenvalue weighted by Crippen LogP contribution is 2.44. The van der Waals surface area contributed by atoms with Crippen molar-refractivity contribution in [1.82, 2.24) is 0 Å². The quantitative estimate of drug-likeness (QED) is 0.177. The molecule has 14 heteroatoms. The monoisotopic (exact) mass is 636 g/mol. The van der Waals surface area contributed by atoms with Crippen molar-refractivity contribution < 1.29 is 65.1 Å². The number of hydrogen-bond donors (Lipinski definition) is 2. The van der Waals surface area contributed by atoms with Gasteiger partial charge in [-0.15, -0.1) is 0 Å². The lowest BCUT2D eigenvalue weighted by Crippen LogP contribution is -2.54. The number of esters is 2. The molecule has 2 aromatic carbocycles.